The molecule has 1 aromatic carbocycles. The first-order chi connectivity index (χ1) is 10.7. The number of benzene rings is 1. The van der Waals surface area contributed by atoms with Crippen molar-refractivity contribution < 1.29 is 4.79 Å². The van der Waals surface area contributed by atoms with Gasteiger partial charge in [0.15, 0.2) is 0 Å². The Balaban J connectivity index is 2.14. The van der Waals surface area contributed by atoms with Crippen LogP contribution in [0.4, 0.5) is 23.0 Å². The molecule has 1 amide bonds. The van der Waals surface area contributed by atoms with Crippen LogP contribution in [0.2, 0.25) is 0 Å². The minimum absolute atomic E-state index is 0.0714. The summed E-state index contributed by atoms with van der Waals surface area (Å²) < 4.78 is 0. The highest BCUT2D eigenvalue weighted by atomic mass is 16.1. The van der Waals surface area contributed by atoms with Crippen LogP contribution >= 0.6 is 0 Å². The Labute approximate surface area is 136 Å². The molecular formula is C17H23N5O. The number of anilines is 4. The Morgan fingerprint density at radius 3 is 2.13 bits per heavy atom. The fourth-order valence-electron chi connectivity index (χ4n) is 2.07. The van der Waals surface area contributed by atoms with Crippen LogP contribution in [0.15, 0.2) is 30.3 Å². The van der Waals surface area contributed by atoms with Gasteiger partial charge in [-0.05, 0) is 52.0 Å². The molecule has 0 aliphatic rings. The van der Waals surface area contributed by atoms with E-state index in [0.717, 1.165) is 23.0 Å². The number of hydrogen-bond acceptors (Lipinski definition) is 5. The van der Waals surface area contributed by atoms with Crippen LogP contribution in [-0.2, 0) is 4.79 Å². The Morgan fingerprint density at radius 2 is 1.57 bits per heavy atom. The van der Waals surface area contributed by atoms with Crippen molar-refractivity contribution in [2.75, 3.05) is 16.0 Å². The molecule has 0 aliphatic heterocycles. The zero-order valence-electron chi connectivity index (χ0n) is 14.2. The van der Waals surface area contributed by atoms with Gasteiger partial charge in [0.1, 0.15) is 17.5 Å². The van der Waals surface area contributed by atoms with Crippen molar-refractivity contribution in [2.24, 2.45) is 0 Å². The van der Waals surface area contributed by atoms with Gasteiger partial charge in [-0.15, -0.1) is 0 Å². The van der Waals surface area contributed by atoms with Crippen LogP contribution in [0.5, 0.6) is 0 Å². The Kier molecular flexibility index (Phi) is 4.83. The number of carbonyl (C=O) groups is 1. The Hall–Kier alpha value is -2.63. The third-order valence-corrected chi connectivity index (χ3v) is 2.82. The molecular weight excluding hydrogens is 290 g/mol. The topological polar surface area (TPSA) is 78.9 Å². The van der Waals surface area contributed by atoms with Crippen molar-refractivity contribution in [1.29, 1.82) is 0 Å². The molecule has 0 atom stereocenters. The molecule has 6 heteroatoms. The molecule has 0 unspecified atom stereocenters. The summed E-state index contributed by atoms with van der Waals surface area (Å²) in [5.41, 5.74) is 1.58. The van der Waals surface area contributed by atoms with Crippen LogP contribution in [0, 0.1) is 6.92 Å². The lowest BCUT2D eigenvalue weighted by Crippen LogP contribution is -2.26. The van der Waals surface area contributed by atoms with Crippen molar-refractivity contribution in [3.05, 3.63) is 36.2 Å². The third-order valence-electron chi connectivity index (χ3n) is 2.82. The van der Waals surface area contributed by atoms with Gasteiger partial charge in [-0.2, -0.15) is 0 Å². The average molecular weight is 313 g/mol. The van der Waals surface area contributed by atoms with Gasteiger partial charge in [-0.3, -0.25) is 4.79 Å². The second-order valence-electron chi connectivity index (χ2n) is 6.44. The van der Waals surface area contributed by atoms with E-state index in [0.29, 0.717) is 5.82 Å². The molecule has 1 aromatic heterocycles. The Morgan fingerprint density at radius 1 is 1.00 bits per heavy atom. The molecule has 0 fully saturated rings. The van der Waals surface area contributed by atoms with Crippen molar-refractivity contribution in [3.8, 4) is 0 Å². The first-order valence-corrected chi connectivity index (χ1v) is 7.50. The smallest absolute Gasteiger partial charge is 0.221 e. The van der Waals surface area contributed by atoms with Crippen molar-refractivity contribution in [2.45, 2.75) is 40.2 Å². The normalized spacial score (nSPS) is 11.0. The summed E-state index contributed by atoms with van der Waals surface area (Å²) in [5, 5.41) is 9.33. The number of hydrogen-bond donors (Lipinski definition) is 3. The molecule has 23 heavy (non-hydrogen) atoms. The molecule has 0 bridgehead atoms. The molecule has 0 saturated heterocycles. The fourth-order valence-corrected chi connectivity index (χ4v) is 2.07. The van der Waals surface area contributed by atoms with Gasteiger partial charge < -0.3 is 16.0 Å². The van der Waals surface area contributed by atoms with Crippen LogP contribution in [0.25, 0.3) is 0 Å². The van der Waals surface area contributed by atoms with Gasteiger partial charge in [-0.25, -0.2) is 9.97 Å². The molecule has 0 aliphatic carbocycles. The first-order valence-electron chi connectivity index (χ1n) is 7.50. The number of nitrogens with zero attached hydrogens (tertiary/aromatic N) is 2. The number of nitrogens with one attached hydrogen (secondary N) is 3. The average Bonchev–Trinajstić information content (AvgIpc) is 2.37. The highest BCUT2D eigenvalue weighted by molar-refractivity contribution is 5.88. The van der Waals surface area contributed by atoms with Gasteiger partial charge >= 0.3 is 0 Å². The van der Waals surface area contributed by atoms with Gasteiger partial charge in [0.2, 0.25) is 5.91 Å². The van der Waals surface area contributed by atoms with E-state index in [1.54, 1.807) is 0 Å². The molecule has 1 heterocycles. The van der Waals surface area contributed by atoms with E-state index in [2.05, 4.69) is 46.7 Å². The van der Waals surface area contributed by atoms with E-state index in [1.807, 2.05) is 37.3 Å². The van der Waals surface area contributed by atoms with Crippen LogP contribution in [0.1, 0.15) is 33.5 Å². The molecule has 122 valence electrons. The van der Waals surface area contributed by atoms with Crippen molar-refractivity contribution in [1.82, 2.24) is 9.97 Å². The van der Waals surface area contributed by atoms with E-state index >= 15 is 0 Å². The highest BCUT2D eigenvalue weighted by Crippen LogP contribution is 2.21. The SMILES string of the molecule is CC(=O)Nc1ccc(Nc2cc(NC(C)(C)C)nc(C)n2)cc1. The lowest BCUT2D eigenvalue weighted by atomic mass is 10.1. The minimum atomic E-state index is -0.0879. The van der Waals surface area contributed by atoms with E-state index in [-0.39, 0.29) is 11.4 Å². The van der Waals surface area contributed by atoms with Crippen molar-refractivity contribution >= 4 is 28.9 Å². The molecule has 0 saturated carbocycles. The third kappa shape index (κ3) is 5.58. The highest BCUT2D eigenvalue weighted by Gasteiger charge is 2.11. The van der Waals surface area contributed by atoms with Gasteiger partial charge in [0, 0.05) is 29.9 Å². The van der Waals surface area contributed by atoms with Crippen LogP contribution < -0.4 is 16.0 Å². The second kappa shape index (κ2) is 6.64. The zero-order chi connectivity index (χ0) is 17.0. The predicted molar refractivity (Wildman–Crippen MR) is 94.2 cm³/mol. The van der Waals surface area contributed by atoms with Gasteiger partial charge in [-0.1, -0.05) is 0 Å². The molecule has 0 radical (unpaired) electrons. The predicted octanol–water partition coefficient (Wildman–Crippen LogP) is 3.70. The summed E-state index contributed by atoms with van der Waals surface area (Å²) in [4.78, 5) is 19.8. The number of amides is 1. The zero-order valence-corrected chi connectivity index (χ0v) is 14.2. The summed E-state index contributed by atoms with van der Waals surface area (Å²) in [7, 11) is 0. The monoisotopic (exact) mass is 313 g/mol. The van der Waals surface area contributed by atoms with Crippen LogP contribution in [0.3, 0.4) is 0 Å². The summed E-state index contributed by atoms with van der Waals surface area (Å²) in [6, 6.07) is 9.33. The summed E-state index contributed by atoms with van der Waals surface area (Å²) in [6.07, 6.45) is 0. The maximum Gasteiger partial charge on any atom is 0.221 e. The van der Waals surface area contributed by atoms with E-state index in [9.17, 15) is 4.79 Å². The minimum Gasteiger partial charge on any atom is -0.365 e. The molecule has 0 spiro atoms. The maximum atomic E-state index is 11.0. The first kappa shape index (κ1) is 16.7. The van der Waals surface area contributed by atoms with Crippen LogP contribution in [-0.4, -0.2) is 21.4 Å². The van der Waals surface area contributed by atoms with E-state index < -0.39 is 0 Å². The Bertz CT molecular complexity index is 689. The number of rotatable bonds is 4. The van der Waals surface area contributed by atoms with E-state index in [1.165, 1.54) is 6.92 Å². The second-order valence-corrected chi connectivity index (χ2v) is 6.44. The van der Waals surface area contributed by atoms with Gasteiger partial charge in [0.25, 0.3) is 0 Å². The lowest BCUT2D eigenvalue weighted by molar-refractivity contribution is -0.114. The number of carbonyl (C=O) groups excluding carboxylic acids is 1. The standard InChI is InChI=1S/C17H23N5O/c1-11-18-15(10-16(19-11)22-17(3,4)5)21-14-8-6-13(7-9-14)20-12(2)23/h6-10H,1-5H3,(H,20,23)(H2,18,19,21,22). The molecule has 3 N–H and O–H groups in total. The largest absolute Gasteiger partial charge is 0.365 e. The fraction of sp³-hybridized carbons (Fsp3) is 0.353. The quantitative estimate of drug-likeness (QED) is 0.802. The van der Waals surface area contributed by atoms with E-state index in [4.69, 9.17) is 0 Å². The molecule has 2 rings (SSSR count). The summed E-state index contributed by atoms with van der Waals surface area (Å²) in [5.74, 6) is 2.10. The number of aromatic nitrogens is 2. The summed E-state index contributed by atoms with van der Waals surface area (Å²) in [6.45, 7) is 9.59. The van der Waals surface area contributed by atoms with Gasteiger partial charge in [0.05, 0.1) is 0 Å². The molecule has 6 nitrogen and oxygen atoms in total. The molecule has 2 aromatic rings. The maximum absolute atomic E-state index is 11.0. The van der Waals surface area contributed by atoms with Crippen molar-refractivity contribution in [3.63, 3.8) is 0 Å². The number of aryl methyl sites for hydroxylation is 1. The summed E-state index contributed by atoms with van der Waals surface area (Å²) >= 11 is 0. The lowest BCUT2D eigenvalue weighted by Gasteiger charge is -2.21.